The summed E-state index contributed by atoms with van der Waals surface area (Å²) in [5.41, 5.74) is 2.40. The highest BCUT2D eigenvalue weighted by molar-refractivity contribution is 5.77. The molecule has 3 heteroatoms. The molecule has 0 aliphatic rings. The Morgan fingerprint density at radius 2 is 1.44 bits per heavy atom. The fourth-order valence-corrected chi connectivity index (χ4v) is 3.31. The van der Waals surface area contributed by atoms with Crippen molar-refractivity contribution in [2.24, 2.45) is 5.41 Å². The van der Waals surface area contributed by atoms with Crippen molar-refractivity contribution in [3.8, 4) is 0 Å². The summed E-state index contributed by atoms with van der Waals surface area (Å²) in [6, 6.07) is 20.5. The van der Waals surface area contributed by atoms with Crippen LogP contribution in [-0.2, 0) is 4.79 Å². The van der Waals surface area contributed by atoms with Crippen LogP contribution in [0.4, 0.5) is 0 Å². The lowest BCUT2D eigenvalue weighted by Crippen LogP contribution is -2.40. The Kier molecular flexibility index (Phi) is 6.77. The van der Waals surface area contributed by atoms with E-state index in [1.807, 2.05) is 36.4 Å². The minimum Gasteiger partial charge on any atom is -0.355 e. The summed E-state index contributed by atoms with van der Waals surface area (Å²) < 4.78 is 0. The van der Waals surface area contributed by atoms with Crippen molar-refractivity contribution in [2.45, 2.75) is 26.2 Å². The third-order valence-corrected chi connectivity index (χ3v) is 4.30. The fourth-order valence-electron chi connectivity index (χ4n) is 3.31. The number of benzene rings is 2. The monoisotopic (exact) mass is 338 g/mol. The van der Waals surface area contributed by atoms with Gasteiger partial charge in [0.2, 0.25) is 5.91 Å². The number of nitrogens with one attached hydrogen (secondary N) is 1. The maximum absolute atomic E-state index is 12.6. The van der Waals surface area contributed by atoms with Gasteiger partial charge in [-0.05, 0) is 30.6 Å². The summed E-state index contributed by atoms with van der Waals surface area (Å²) in [5, 5.41) is 3.13. The van der Waals surface area contributed by atoms with Gasteiger partial charge in [0.05, 0.1) is 0 Å². The molecule has 2 aromatic carbocycles. The van der Waals surface area contributed by atoms with Gasteiger partial charge >= 0.3 is 0 Å². The SMILES string of the molecule is CN(C)CC(C)(C)CNC(=O)CC(c1ccccc1)c1ccccc1. The van der Waals surface area contributed by atoms with Crippen molar-refractivity contribution in [1.82, 2.24) is 10.2 Å². The molecule has 134 valence electrons. The molecule has 1 amide bonds. The number of nitrogens with zero attached hydrogens (tertiary/aromatic N) is 1. The summed E-state index contributed by atoms with van der Waals surface area (Å²) in [4.78, 5) is 14.8. The van der Waals surface area contributed by atoms with Crippen LogP contribution >= 0.6 is 0 Å². The number of rotatable bonds is 8. The van der Waals surface area contributed by atoms with E-state index in [0.717, 1.165) is 6.54 Å². The van der Waals surface area contributed by atoms with Gasteiger partial charge in [0.15, 0.2) is 0 Å². The van der Waals surface area contributed by atoms with E-state index in [4.69, 9.17) is 0 Å². The Balaban J connectivity index is 2.06. The van der Waals surface area contributed by atoms with E-state index >= 15 is 0 Å². The lowest BCUT2D eigenvalue weighted by molar-refractivity contribution is -0.121. The molecule has 0 aliphatic heterocycles. The first-order valence-electron chi connectivity index (χ1n) is 8.89. The summed E-state index contributed by atoms with van der Waals surface area (Å²) >= 11 is 0. The Labute approximate surface area is 152 Å². The Morgan fingerprint density at radius 3 is 1.88 bits per heavy atom. The highest BCUT2D eigenvalue weighted by Crippen LogP contribution is 2.27. The van der Waals surface area contributed by atoms with E-state index < -0.39 is 0 Å². The molecule has 2 aromatic rings. The fraction of sp³-hybridized carbons (Fsp3) is 0.409. The van der Waals surface area contributed by atoms with Crippen LogP contribution in [0.1, 0.15) is 37.3 Å². The first kappa shape index (κ1) is 19.2. The first-order valence-corrected chi connectivity index (χ1v) is 8.89. The van der Waals surface area contributed by atoms with Gasteiger partial charge in [-0.3, -0.25) is 4.79 Å². The molecule has 0 aromatic heterocycles. The third kappa shape index (κ3) is 6.35. The zero-order valence-corrected chi connectivity index (χ0v) is 15.8. The maximum atomic E-state index is 12.6. The summed E-state index contributed by atoms with van der Waals surface area (Å²) in [7, 11) is 4.12. The second kappa shape index (κ2) is 8.82. The maximum Gasteiger partial charge on any atom is 0.220 e. The molecule has 0 saturated heterocycles. The summed E-state index contributed by atoms with van der Waals surface area (Å²) in [6.07, 6.45) is 0.464. The lowest BCUT2D eigenvalue weighted by Gasteiger charge is -2.28. The second-order valence-electron chi connectivity index (χ2n) is 7.76. The van der Waals surface area contributed by atoms with Crippen LogP contribution in [0, 0.1) is 5.41 Å². The molecule has 0 aliphatic carbocycles. The van der Waals surface area contributed by atoms with Gasteiger partial charge in [-0.1, -0.05) is 74.5 Å². The van der Waals surface area contributed by atoms with E-state index in [2.05, 4.69) is 62.4 Å². The van der Waals surface area contributed by atoms with E-state index in [1.54, 1.807) is 0 Å². The Bertz CT molecular complexity index is 611. The Hall–Kier alpha value is -2.13. The molecule has 3 nitrogen and oxygen atoms in total. The van der Waals surface area contributed by atoms with Crippen molar-refractivity contribution in [3.63, 3.8) is 0 Å². The average Bonchev–Trinajstić information content (AvgIpc) is 2.58. The van der Waals surface area contributed by atoms with Crippen molar-refractivity contribution >= 4 is 5.91 Å². The predicted octanol–water partition coefficient (Wildman–Crippen LogP) is 3.91. The van der Waals surface area contributed by atoms with Crippen molar-refractivity contribution < 1.29 is 4.79 Å². The van der Waals surface area contributed by atoms with E-state index in [-0.39, 0.29) is 17.2 Å². The molecule has 0 heterocycles. The van der Waals surface area contributed by atoms with Crippen LogP contribution < -0.4 is 5.32 Å². The van der Waals surface area contributed by atoms with Gasteiger partial charge in [0.25, 0.3) is 0 Å². The summed E-state index contributed by atoms with van der Waals surface area (Å²) in [5.74, 6) is 0.184. The smallest absolute Gasteiger partial charge is 0.220 e. The number of amides is 1. The molecule has 2 rings (SSSR count). The largest absolute Gasteiger partial charge is 0.355 e. The molecule has 0 radical (unpaired) electrons. The number of carbonyl (C=O) groups excluding carboxylic acids is 1. The van der Waals surface area contributed by atoms with Crippen LogP contribution in [0.25, 0.3) is 0 Å². The standard InChI is InChI=1S/C22H30N2O/c1-22(2,17-24(3)4)16-23-21(25)15-20(18-11-7-5-8-12-18)19-13-9-6-10-14-19/h5-14,20H,15-17H2,1-4H3,(H,23,25). The number of hydrogen-bond acceptors (Lipinski definition) is 2. The molecule has 25 heavy (non-hydrogen) atoms. The zero-order valence-electron chi connectivity index (χ0n) is 15.8. The minimum absolute atomic E-state index is 0.0498. The van der Waals surface area contributed by atoms with E-state index in [1.165, 1.54) is 11.1 Å². The third-order valence-electron chi connectivity index (χ3n) is 4.30. The van der Waals surface area contributed by atoms with Gasteiger partial charge in [-0.25, -0.2) is 0 Å². The average molecular weight is 338 g/mol. The molecule has 1 N–H and O–H groups in total. The topological polar surface area (TPSA) is 32.3 Å². The molecular formula is C22H30N2O. The van der Waals surface area contributed by atoms with Crippen molar-refractivity contribution in [3.05, 3.63) is 71.8 Å². The van der Waals surface area contributed by atoms with Gasteiger partial charge < -0.3 is 10.2 Å². The van der Waals surface area contributed by atoms with E-state index in [9.17, 15) is 4.79 Å². The highest BCUT2D eigenvalue weighted by Gasteiger charge is 2.22. The molecule has 0 atom stereocenters. The normalized spacial score (nSPS) is 11.8. The Morgan fingerprint density at radius 1 is 0.960 bits per heavy atom. The predicted molar refractivity (Wildman–Crippen MR) is 105 cm³/mol. The molecule has 0 unspecified atom stereocenters. The van der Waals surface area contributed by atoms with Crippen LogP contribution in [-0.4, -0.2) is 38.0 Å². The number of hydrogen-bond donors (Lipinski definition) is 1. The minimum atomic E-state index is 0.0498. The quantitative estimate of drug-likeness (QED) is 0.791. The second-order valence-corrected chi connectivity index (χ2v) is 7.76. The van der Waals surface area contributed by atoms with Crippen LogP contribution in [0.15, 0.2) is 60.7 Å². The lowest BCUT2D eigenvalue weighted by atomic mass is 9.88. The zero-order chi connectivity index (χ0) is 18.3. The highest BCUT2D eigenvalue weighted by atomic mass is 16.1. The molecule has 0 fully saturated rings. The number of carbonyl (C=O) groups is 1. The van der Waals surface area contributed by atoms with Crippen LogP contribution in [0.5, 0.6) is 0 Å². The van der Waals surface area contributed by atoms with Crippen molar-refractivity contribution in [2.75, 3.05) is 27.2 Å². The van der Waals surface area contributed by atoms with Gasteiger partial charge in [0, 0.05) is 25.4 Å². The summed E-state index contributed by atoms with van der Waals surface area (Å²) in [6.45, 7) is 5.98. The van der Waals surface area contributed by atoms with Gasteiger partial charge in [0.1, 0.15) is 0 Å². The molecule has 0 bridgehead atoms. The first-order chi connectivity index (χ1) is 11.9. The molecular weight excluding hydrogens is 308 g/mol. The van der Waals surface area contributed by atoms with Crippen LogP contribution in [0.2, 0.25) is 0 Å². The molecule has 0 spiro atoms. The van der Waals surface area contributed by atoms with E-state index in [0.29, 0.717) is 13.0 Å². The van der Waals surface area contributed by atoms with Gasteiger partial charge in [-0.15, -0.1) is 0 Å². The van der Waals surface area contributed by atoms with Crippen LogP contribution in [0.3, 0.4) is 0 Å². The van der Waals surface area contributed by atoms with Gasteiger partial charge in [-0.2, -0.15) is 0 Å². The van der Waals surface area contributed by atoms with Crippen molar-refractivity contribution in [1.29, 1.82) is 0 Å². The molecule has 0 saturated carbocycles.